The Morgan fingerprint density at radius 1 is 1.07 bits per heavy atom. The van der Waals surface area contributed by atoms with Gasteiger partial charge in [0.25, 0.3) is 0 Å². The average Bonchev–Trinajstić information content (AvgIpc) is 2.66. The number of nitrogens with one attached hydrogen (secondary N) is 1. The first-order valence-corrected chi connectivity index (χ1v) is 8.20. The van der Waals surface area contributed by atoms with E-state index in [0.29, 0.717) is 5.56 Å². The van der Waals surface area contributed by atoms with Gasteiger partial charge in [-0.15, -0.1) is 0 Å². The molecule has 0 heterocycles. The van der Waals surface area contributed by atoms with Crippen molar-refractivity contribution >= 4 is 23.2 Å². The number of carbonyl (C=O) groups excluding carboxylic acids is 3. The molecule has 1 N–H and O–H groups in total. The molecule has 0 amide bonds. The van der Waals surface area contributed by atoms with E-state index in [0.717, 1.165) is 5.56 Å². The topological polar surface area (TPSA) is 108 Å². The second kappa shape index (κ2) is 8.68. The van der Waals surface area contributed by atoms with Gasteiger partial charge in [-0.2, -0.15) is 5.26 Å². The fourth-order valence-electron chi connectivity index (χ4n) is 2.43. The van der Waals surface area contributed by atoms with Crippen LogP contribution in [0.4, 0.5) is 0 Å². The highest BCUT2D eigenvalue weighted by molar-refractivity contribution is 6.14. The van der Waals surface area contributed by atoms with E-state index in [9.17, 15) is 14.4 Å². The van der Waals surface area contributed by atoms with Crippen LogP contribution in [-0.4, -0.2) is 29.9 Å². The summed E-state index contributed by atoms with van der Waals surface area (Å²) in [4.78, 5) is 37.0. The molecule has 0 aliphatic heterocycles. The van der Waals surface area contributed by atoms with Crippen molar-refractivity contribution < 1.29 is 19.1 Å². The third-order valence-electron chi connectivity index (χ3n) is 3.93. The molecule has 1 atom stereocenters. The van der Waals surface area contributed by atoms with E-state index in [-0.39, 0.29) is 22.6 Å². The predicted molar refractivity (Wildman–Crippen MR) is 98.8 cm³/mol. The maximum atomic E-state index is 12.7. The highest BCUT2D eigenvalue weighted by Crippen LogP contribution is 2.16. The number of esters is 1. The minimum absolute atomic E-state index is 0.0379. The second-order valence-corrected chi connectivity index (χ2v) is 6.03. The number of benzene rings is 2. The number of hydrogen-bond donors (Lipinski definition) is 1. The Bertz CT molecular complexity index is 939. The molecule has 6 nitrogen and oxygen atoms in total. The number of Topliss-reactive ketones (excluding diaryl/α,β-unsaturated/α-hetero) is 1. The van der Waals surface area contributed by atoms with Crippen LogP contribution in [0.25, 0.3) is 0 Å². The quantitative estimate of drug-likeness (QED) is 0.462. The lowest BCUT2D eigenvalue weighted by molar-refractivity contribution is -0.122. The van der Waals surface area contributed by atoms with Crippen LogP contribution in [0.3, 0.4) is 0 Å². The highest BCUT2D eigenvalue weighted by Gasteiger charge is 2.24. The number of hydrogen-bond acceptors (Lipinski definition) is 6. The van der Waals surface area contributed by atoms with Crippen molar-refractivity contribution in [1.29, 1.82) is 10.7 Å². The van der Waals surface area contributed by atoms with E-state index >= 15 is 0 Å². The molecule has 0 radical (unpaired) electrons. The van der Waals surface area contributed by atoms with Gasteiger partial charge in [0.05, 0.1) is 11.6 Å². The van der Waals surface area contributed by atoms with E-state index < -0.39 is 24.3 Å². The summed E-state index contributed by atoms with van der Waals surface area (Å²) in [6.07, 6.45) is 0. The van der Waals surface area contributed by atoms with Gasteiger partial charge in [-0.1, -0.05) is 48.0 Å². The lowest BCUT2D eigenvalue weighted by Crippen LogP contribution is -2.26. The molecule has 0 aliphatic carbocycles. The van der Waals surface area contributed by atoms with Crippen LogP contribution in [0, 0.1) is 29.6 Å². The Hall–Kier alpha value is -3.59. The normalized spacial score (nSPS) is 11.1. The van der Waals surface area contributed by atoms with Crippen LogP contribution >= 0.6 is 0 Å². The van der Waals surface area contributed by atoms with Gasteiger partial charge >= 0.3 is 5.97 Å². The van der Waals surface area contributed by atoms with Crippen molar-refractivity contribution in [2.45, 2.75) is 13.8 Å². The Balaban J connectivity index is 2.19. The van der Waals surface area contributed by atoms with Crippen molar-refractivity contribution in [3.63, 3.8) is 0 Å². The minimum atomic E-state index is -1.25. The van der Waals surface area contributed by atoms with Gasteiger partial charge in [0.1, 0.15) is 5.92 Å². The zero-order valence-electron chi connectivity index (χ0n) is 15.0. The van der Waals surface area contributed by atoms with Crippen LogP contribution in [-0.2, 0) is 9.53 Å². The van der Waals surface area contributed by atoms with E-state index in [4.69, 9.17) is 15.4 Å². The van der Waals surface area contributed by atoms with Crippen molar-refractivity contribution in [2.24, 2.45) is 5.92 Å². The smallest absolute Gasteiger partial charge is 0.339 e. The molecule has 2 aromatic carbocycles. The van der Waals surface area contributed by atoms with E-state index in [1.165, 1.54) is 19.1 Å². The molecule has 6 heteroatoms. The zero-order valence-corrected chi connectivity index (χ0v) is 15.0. The molecule has 0 saturated carbocycles. The molecule has 0 fully saturated rings. The first-order chi connectivity index (χ1) is 12.8. The number of carbonyl (C=O) groups is 3. The first-order valence-electron chi connectivity index (χ1n) is 8.20. The molecule has 0 unspecified atom stereocenters. The van der Waals surface area contributed by atoms with E-state index in [1.807, 2.05) is 6.92 Å². The molecule has 0 spiro atoms. The summed E-state index contributed by atoms with van der Waals surface area (Å²) in [5.74, 6) is -3.10. The maximum absolute atomic E-state index is 12.7. The van der Waals surface area contributed by atoms with Crippen LogP contribution in [0.15, 0.2) is 48.5 Å². The predicted octanol–water partition coefficient (Wildman–Crippen LogP) is 3.13. The van der Waals surface area contributed by atoms with Gasteiger partial charge in [-0.3, -0.25) is 9.59 Å². The SMILES string of the molecule is CC(=N)[C@@H](C#N)C(=O)COC(=O)c1ccccc1C(=O)c1ccc(C)cc1. The zero-order chi connectivity index (χ0) is 20.0. The lowest BCUT2D eigenvalue weighted by atomic mass is 9.97. The number of ketones is 2. The van der Waals surface area contributed by atoms with E-state index in [2.05, 4.69) is 0 Å². The number of rotatable bonds is 7. The molecular weight excluding hydrogens is 344 g/mol. The summed E-state index contributed by atoms with van der Waals surface area (Å²) < 4.78 is 4.98. The Labute approximate surface area is 156 Å². The Morgan fingerprint density at radius 2 is 1.67 bits per heavy atom. The van der Waals surface area contributed by atoms with E-state index in [1.54, 1.807) is 42.5 Å². The lowest BCUT2D eigenvalue weighted by Gasteiger charge is -2.10. The third kappa shape index (κ3) is 4.73. The van der Waals surface area contributed by atoms with Gasteiger partial charge in [-0.25, -0.2) is 4.79 Å². The van der Waals surface area contributed by atoms with Crippen LogP contribution < -0.4 is 0 Å². The second-order valence-electron chi connectivity index (χ2n) is 6.03. The summed E-state index contributed by atoms with van der Waals surface area (Å²) in [6, 6.07) is 14.8. The Kier molecular flexibility index (Phi) is 6.34. The van der Waals surface area contributed by atoms with Gasteiger partial charge in [0.2, 0.25) is 0 Å². The molecule has 0 aliphatic rings. The molecule has 136 valence electrons. The number of nitriles is 1. The average molecular weight is 362 g/mol. The molecule has 0 saturated heterocycles. The van der Waals surface area contributed by atoms with Crippen molar-refractivity contribution in [2.75, 3.05) is 6.61 Å². The summed E-state index contributed by atoms with van der Waals surface area (Å²) in [5.41, 5.74) is 1.52. The Morgan fingerprint density at radius 3 is 2.22 bits per heavy atom. The van der Waals surface area contributed by atoms with Crippen molar-refractivity contribution in [3.05, 3.63) is 70.8 Å². The molecular formula is C21H18N2O4. The molecule has 0 bridgehead atoms. The number of aryl methyl sites for hydroxylation is 1. The van der Waals surface area contributed by atoms with Crippen LogP contribution in [0.1, 0.15) is 38.8 Å². The molecule has 0 aromatic heterocycles. The fourth-order valence-corrected chi connectivity index (χ4v) is 2.43. The summed E-state index contributed by atoms with van der Waals surface area (Å²) in [6.45, 7) is 2.60. The largest absolute Gasteiger partial charge is 0.454 e. The number of nitrogens with zero attached hydrogens (tertiary/aromatic N) is 1. The first kappa shape index (κ1) is 19.7. The number of ether oxygens (including phenoxy) is 1. The van der Waals surface area contributed by atoms with Gasteiger partial charge < -0.3 is 10.1 Å². The molecule has 27 heavy (non-hydrogen) atoms. The standard InChI is InChI=1S/C21H18N2O4/c1-13-7-9-15(10-8-13)20(25)16-5-3-4-6-17(16)21(26)27-12-19(24)18(11-22)14(2)23/h3-10,18,23H,12H2,1-2H3/t18-/m1/s1. The third-order valence-corrected chi connectivity index (χ3v) is 3.93. The summed E-state index contributed by atoms with van der Waals surface area (Å²) in [7, 11) is 0. The van der Waals surface area contributed by atoms with Crippen molar-refractivity contribution in [3.8, 4) is 6.07 Å². The monoisotopic (exact) mass is 362 g/mol. The van der Waals surface area contributed by atoms with Gasteiger partial charge in [0, 0.05) is 16.8 Å². The van der Waals surface area contributed by atoms with Gasteiger partial charge in [-0.05, 0) is 19.9 Å². The summed E-state index contributed by atoms with van der Waals surface area (Å²) >= 11 is 0. The summed E-state index contributed by atoms with van der Waals surface area (Å²) in [5, 5.41) is 16.3. The van der Waals surface area contributed by atoms with Gasteiger partial charge in [0.15, 0.2) is 18.2 Å². The minimum Gasteiger partial charge on any atom is -0.454 e. The van der Waals surface area contributed by atoms with Crippen LogP contribution in [0.2, 0.25) is 0 Å². The fraction of sp³-hybridized carbons (Fsp3) is 0.190. The molecule has 2 rings (SSSR count). The van der Waals surface area contributed by atoms with Crippen molar-refractivity contribution in [1.82, 2.24) is 0 Å². The highest BCUT2D eigenvalue weighted by atomic mass is 16.5. The maximum Gasteiger partial charge on any atom is 0.339 e. The molecule has 2 aromatic rings. The van der Waals surface area contributed by atoms with Crippen LogP contribution in [0.5, 0.6) is 0 Å².